The molecule has 3 nitrogen and oxygen atoms in total. The van der Waals surface area contributed by atoms with Crippen LogP contribution in [-0.2, 0) is 13.1 Å². The lowest BCUT2D eigenvalue weighted by Gasteiger charge is -2.06. The molecule has 0 aliphatic rings. The van der Waals surface area contributed by atoms with Crippen LogP contribution in [0.4, 0.5) is 5.13 Å². The summed E-state index contributed by atoms with van der Waals surface area (Å²) in [5.74, 6) is 0. The highest BCUT2D eigenvalue weighted by atomic mass is 32.1. The fourth-order valence-corrected chi connectivity index (χ4v) is 4.48. The monoisotopic (exact) mass is 409 g/mol. The molecule has 0 aliphatic heterocycles. The van der Waals surface area contributed by atoms with Gasteiger partial charge >= 0.3 is 0 Å². The molecular formula is C26H23N3S. The number of aromatic nitrogens is 2. The number of rotatable bonds is 6. The maximum Gasteiger partial charge on any atom is 0.183 e. The first-order valence-electron chi connectivity index (χ1n) is 10.1. The SMILES string of the molecule is Cc1ccc2c(-c3csc(NCc4ccccc4)n3)cn(Cc3ccccc3)c2c1. The van der Waals surface area contributed by atoms with Crippen LogP contribution in [0.15, 0.2) is 90.4 Å². The minimum Gasteiger partial charge on any atom is -0.357 e. The number of aryl methyl sites for hydroxylation is 1. The molecule has 2 heterocycles. The van der Waals surface area contributed by atoms with Crippen LogP contribution >= 0.6 is 11.3 Å². The molecule has 0 aliphatic carbocycles. The molecule has 30 heavy (non-hydrogen) atoms. The lowest BCUT2D eigenvalue weighted by molar-refractivity contribution is 0.837. The van der Waals surface area contributed by atoms with Crippen LogP contribution in [-0.4, -0.2) is 9.55 Å². The lowest BCUT2D eigenvalue weighted by Crippen LogP contribution is -1.98. The normalized spacial score (nSPS) is 11.1. The van der Waals surface area contributed by atoms with Crippen LogP contribution in [0, 0.1) is 6.92 Å². The minimum absolute atomic E-state index is 0.781. The molecule has 0 saturated carbocycles. The molecule has 5 aromatic rings. The van der Waals surface area contributed by atoms with E-state index in [-0.39, 0.29) is 0 Å². The van der Waals surface area contributed by atoms with E-state index in [1.165, 1.54) is 33.2 Å². The number of hydrogen-bond acceptors (Lipinski definition) is 3. The molecule has 3 aromatic carbocycles. The topological polar surface area (TPSA) is 29.9 Å². The Balaban J connectivity index is 1.46. The van der Waals surface area contributed by atoms with Gasteiger partial charge in [0.2, 0.25) is 0 Å². The summed E-state index contributed by atoms with van der Waals surface area (Å²) in [6.45, 7) is 3.78. The average Bonchev–Trinajstić information content (AvgIpc) is 3.38. The molecular weight excluding hydrogens is 386 g/mol. The molecule has 0 saturated heterocycles. The highest BCUT2D eigenvalue weighted by molar-refractivity contribution is 7.14. The Bertz CT molecular complexity index is 1270. The summed E-state index contributed by atoms with van der Waals surface area (Å²) in [5, 5.41) is 7.80. The first kappa shape index (κ1) is 18.6. The van der Waals surface area contributed by atoms with Crippen molar-refractivity contribution in [3.8, 4) is 11.3 Å². The number of nitrogens with zero attached hydrogens (tertiary/aromatic N) is 2. The highest BCUT2D eigenvalue weighted by Gasteiger charge is 2.14. The van der Waals surface area contributed by atoms with Crippen molar-refractivity contribution < 1.29 is 0 Å². The summed E-state index contributed by atoms with van der Waals surface area (Å²) < 4.78 is 2.34. The number of hydrogen-bond donors (Lipinski definition) is 1. The maximum absolute atomic E-state index is 4.88. The van der Waals surface area contributed by atoms with Crippen molar-refractivity contribution in [1.82, 2.24) is 9.55 Å². The number of fused-ring (bicyclic) bond motifs is 1. The average molecular weight is 410 g/mol. The smallest absolute Gasteiger partial charge is 0.183 e. The Hall–Kier alpha value is -3.37. The van der Waals surface area contributed by atoms with E-state index in [1.807, 2.05) is 6.07 Å². The van der Waals surface area contributed by atoms with Gasteiger partial charge in [-0.05, 0) is 29.7 Å². The molecule has 0 atom stereocenters. The Labute approximate surface area is 180 Å². The van der Waals surface area contributed by atoms with Gasteiger partial charge in [-0.3, -0.25) is 0 Å². The maximum atomic E-state index is 4.88. The van der Waals surface area contributed by atoms with Gasteiger partial charge in [-0.25, -0.2) is 4.98 Å². The molecule has 2 aromatic heterocycles. The molecule has 0 spiro atoms. The molecule has 148 valence electrons. The lowest BCUT2D eigenvalue weighted by atomic mass is 10.1. The summed E-state index contributed by atoms with van der Waals surface area (Å²) in [5.41, 5.74) is 7.28. The van der Waals surface area contributed by atoms with Crippen LogP contribution in [0.5, 0.6) is 0 Å². The van der Waals surface area contributed by atoms with Gasteiger partial charge in [-0.15, -0.1) is 11.3 Å². The van der Waals surface area contributed by atoms with Crippen molar-refractivity contribution in [3.63, 3.8) is 0 Å². The van der Waals surface area contributed by atoms with E-state index in [2.05, 4.69) is 101 Å². The van der Waals surface area contributed by atoms with Gasteiger partial charge in [0, 0.05) is 41.1 Å². The van der Waals surface area contributed by atoms with E-state index < -0.39 is 0 Å². The summed E-state index contributed by atoms with van der Waals surface area (Å²) in [6, 6.07) is 27.7. The van der Waals surface area contributed by atoms with Gasteiger partial charge in [-0.2, -0.15) is 0 Å². The second-order valence-corrected chi connectivity index (χ2v) is 8.41. The van der Waals surface area contributed by atoms with Gasteiger partial charge in [0.1, 0.15) is 0 Å². The molecule has 0 fully saturated rings. The predicted molar refractivity (Wildman–Crippen MR) is 127 cm³/mol. The predicted octanol–water partition coefficient (Wildman–Crippen LogP) is 6.73. The second-order valence-electron chi connectivity index (χ2n) is 7.55. The van der Waals surface area contributed by atoms with Crippen LogP contribution in [0.2, 0.25) is 0 Å². The van der Waals surface area contributed by atoms with Gasteiger partial charge in [-0.1, -0.05) is 72.8 Å². The quantitative estimate of drug-likeness (QED) is 0.337. The Kier molecular flexibility index (Phi) is 5.08. The van der Waals surface area contributed by atoms with E-state index in [4.69, 9.17) is 4.98 Å². The standard InChI is InChI=1S/C26H23N3S/c1-19-12-13-22-23(17-29(25(22)14-19)16-21-10-6-3-7-11-21)24-18-30-26(28-24)27-15-20-8-4-2-5-9-20/h2-14,17-18H,15-16H2,1H3,(H,27,28). The molecule has 4 heteroatoms. The molecule has 0 radical (unpaired) electrons. The molecule has 5 rings (SSSR count). The second kappa shape index (κ2) is 8.17. The number of thiazole rings is 1. The van der Waals surface area contributed by atoms with E-state index in [1.54, 1.807) is 11.3 Å². The van der Waals surface area contributed by atoms with E-state index >= 15 is 0 Å². The Morgan fingerprint density at radius 1 is 0.900 bits per heavy atom. The first-order valence-corrected chi connectivity index (χ1v) is 11.0. The highest BCUT2D eigenvalue weighted by Crippen LogP contribution is 2.33. The number of anilines is 1. The summed E-state index contributed by atoms with van der Waals surface area (Å²) in [6.07, 6.45) is 2.24. The van der Waals surface area contributed by atoms with Crippen LogP contribution < -0.4 is 5.32 Å². The Morgan fingerprint density at radius 2 is 1.63 bits per heavy atom. The number of benzene rings is 3. The van der Waals surface area contributed by atoms with Crippen LogP contribution in [0.3, 0.4) is 0 Å². The van der Waals surface area contributed by atoms with Crippen molar-refractivity contribution in [2.75, 3.05) is 5.32 Å². The zero-order valence-corrected chi connectivity index (χ0v) is 17.7. The first-order chi connectivity index (χ1) is 14.8. The van der Waals surface area contributed by atoms with Crippen molar-refractivity contribution in [2.45, 2.75) is 20.0 Å². The van der Waals surface area contributed by atoms with Gasteiger partial charge in [0.15, 0.2) is 5.13 Å². The van der Waals surface area contributed by atoms with Crippen LogP contribution in [0.1, 0.15) is 16.7 Å². The fraction of sp³-hybridized carbons (Fsp3) is 0.115. The third-order valence-electron chi connectivity index (χ3n) is 5.30. The minimum atomic E-state index is 0.781. The van der Waals surface area contributed by atoms with Crippen molar-refractivity contribution >= 4 is 27.4 Å². The molecule has 0 unspecified atom stereocenters. The fourth-order valence-electron chi connectivity index (χ4n) is 3.77. The van der Waals surface area contributed by atoms with Gasteiger partial charge < -0.3 is 9.88 Å². The molecule has 0 amide bonds. The zero-order chi connectivity index (χ0) is 20.3. The third kappa shape index (κ3) is 3.87. The van der Waals surface area contributed by atoms with E-state index in [0.717, 1.165) is 23.9 Å². The summed E-state index contributed by atoms with van der Waals surface area (Å²) in [7, 11) is 0. The van der Waals surface area contributed by atoms with Gasteiger partial charge in [0.05, 0.1) is 5.69 Å². The van der Waals surface area contributed by atoms with E-state index in [0.29, 0.717) is 0 Å². The van der Waals surface area contributed by atoms with Crippen molar-refractivity contribution in [2.24, 2.45) is 0 Å². The van der Waals surface area contributed by atoms with Crippen molar-refractivity contribution in [1.29, 1.82) is 0 Å². The largest absolute Gasteiger partial charge is 0.357 e. The van der Waals surface area contributed by atoms with E-state index in [9.17, 15) is 0 Å². The van der Waals surface area contributed by atoms with Crippen LogP contribution in [0.25, 0.3) is 22.2 Å². The third-order valence-corrected chi connectivity index (χ3v) is 6.10. The number of nitrogens with one attached hydrogen (secondary N) is 1. The summed E-state index contributed by atoms with van der Waals surface area (Å²) in [4.78, 5) is 4.88. The van der Waals surface area contributed by atoms with Crippen molar-refractivity contribution in [3.05, 3.63) is 107 Å². The summed E-state index contributed by atoms with van der Waals surface area (Å²) >= 11 is 1.66. The molecule has 1 N–H and O–H groups in total. The van der Waals surface area contributed by atoms with Gasteiger partial charge in [0.25, 0.3) is 0 Å². The Morgan fingerprint density at radius 3 is 2.40 bits per heavy atom. The zero-order valence-electron chi connectivity index (χ0n) is 16.9. The molecule has 0 bridgehead atoms.